The summed E-state index contributed by atoms with van der Waals surface area (Å²) in [5.74, 6) is -0.697. The third-order valence-electron chi connectivity index (χ3n) is 5.37. The second-order valence-corrected chi connectivity index (χ2v) is 9.72. The second-order valence-electron chi connectivity index (χ2n) is 7.44. The minimum absolute atomic E-state index is 0.0123. The zero-order valence-corrected chi connectivity index (χ0v) is 18.6. The van der Waals surface area contributed by atoms with Gasteiger partial charge in [-0.15, -0.1) is 5.10 Å². The van der Waals surface area contributed by atoms with Crippen molar-refractivity contribution in [3.63, 3.8) is 0 Å². The highest BCUT2D eigenvalue weighted by Crippen LogP contribution is 2.26. The maximum atomic E-state index is 12.8. The Morgan fingerprint density at radius 1 is 0.941 bits per heavy atom. The summed E-state index contributed by atoms with van der Waals surface area (Å²) in [7, 11) is -3.33. The van der Waals surface area contributed by atoms with E-state index < -0.39 is 21.4 Å². The molecule has 0 saturated heterocycles. The van der Waals surface area contributed by atoms with Crippen LogP contribution in [0.1, 0.15) is 17.3 Å². The Bertz CT molecular complexity index is 1720. The van der Waals surface area contributed by atoms with E-state index in [1.165, 1.54) is 30.3 Å². The van der Waals surface area contributed by atoms with Crippen LogP contribution in [0, 0.1) is 0 Å². The van der Waals surface area contributed by atoms with Gasteiger partial charge in [-0.2, -0.15) is 0 Å². The number of hydrogen-bond donors (Lipinski definition) is 1. The van der Waals surface area contributed by atoms with Gasteiger partial charge in [-0.3, -0.25) is 10.1 Å². The largest absolute Gasteiger partial charge is 0.422 e. The first-order valence-corrected chi connectivity index (χ1v) is 11.9. The molecule has 0 radical (unpaired) electrons. The maximum absolute atomic E-state index is 12.8. The van der Waals surface area contributed by atoms with Crippen LogP contribution in [0.3, 0.4) is 0 Å². The summed E-state index contributed by atoms with van der Waals surface area (Å²) in [4.78, 5) is 25.4. The molecule has 2 heterocycles. The molecule has 0 aliphatic rings. The first-order valence-electron chi connectivity index (χ1n) is 10.3. The van der Waals surface area contributed by atoms with Crippen LogP contribution < -0.4 is 10.9 Å². The average molecular weight is 475 g/mol. The van der Waals surface area contributed by atoms with E-state index in [0.29, 0.717) is 16.5 Å². The summed E-state index contributed by atoms with van der Waals surface area (Å²) in [5, 5.41) is 12.5. The van der Waals surface area contributed by atoms with Gasteiger partial charge in [0.2, 0.25) is 5.89 Å². The average Bonchev–Trinajstić information content (AvgIpc) is 3.32. The number of benzene rings is 3. The lowest BCUT2D eigenvalue weighted by atomic mass is 10.0. The van der Waals surface area contributed by atoms with Crippen LogP contribution in [0.4, 0.5) is 6.01 Å². The topological polar surface area (TPSA) is 132 Å². The fourth-order valence-electron chi connectivity index (χ4n) is 3.56. The number of nitrogens with zero attached hydrogens (tertiary/aromatic N) is 2. The number of sulfone groups is 1. The van der Waals surface area contributed by atoms with Gasteiger partial charge < -0.3 is 8.83 Å². The molecular weight excluding hydrogens is 458 g/mol. The highest BCUT2D eigenvalue weighted by Gasteiger charge is 2.19. The van der Waals surface area contributed by atoms with E-state index in [1.54, 1.807) is 13.0 Å². The molecule has 0 unspecified atom stereocenters. The highest BCUT2D eigenvalue weighted by molar-refractivity contribution is 7.91. The number of hydrogen-bond acceptors (Lipinski definition) is 8. The first-order chi connectivity index (χ1) is 16.4. The maximum Gasteiger partial charge on any atom is 0.349 e. The van der Waals surface area contributed by atoms with Crippen molar-refractivity contribution < 1.29 is 22.0 Å². The summed E-state index contributed by atoms with van der Waals surface area (Å²) in [6.45, 7) is 1.56. The van der Waals surface area contributed by atoms with Crippen molar-refractivity contribution >= 4 is 43.5 Å². The number of nitrogens with one attached hydrogen (secondary N) is 1. The molecule has 1 amide bonds. The van der Waals surface area contributed by atoms with E-state index in [-0.39, 0.29) is 28.1 Å². The number of rotatable bonds is 5. The molecular formula is C24H17N3O6S. The molecule has 0 bridgehead atoms. The van der Waals surface area contributed by atoms with Gasteiger partial charge >= 0.3 is 11.6 Å². The van der Waals surface area contributed by atoms with Crippen LogP contribution in [0.25, 0.3) is 33.2 Å². The molecule has 3 aromatic carbocycles. The number of carbonyl (C=O) groups excluding carboxylic acids is 1. The van der Waals surface area contributed by atoms with Gasteiger partial charge in [-0.1, -0.05) is 42.4 Å². The molecule has 0 aliphatic heterocycles. The lowest BCUT2D eigenvalue weighted by Gasteiger charge is -2.05. The standard InChI is InChI=1S/C24H17N3O6S/c1-2-34(30,31)16-10-7-15(8-11-16)22-26-27-24(33-22)25-21(28)19-13-18-17-6-4-3-5-14(17)9-12-20(18)32-23(19)29/h3-13H,2H2,1H3,(H,25,27,28). The molecule has 5 rings (SSSR count). The fraction of sp³-hybridized carbons (Fsp3) is 0.0833. The SMILES string of the molecule is CCS(=O)(=O)c1ccc(-c2nnc(NC(=O)c3cc4c(ccc5ccccc54)oc3=O)o2)cc1. The monoisotopic (exact) mass is 475 g/mol. The third-order valence-corrected chi connectivity index (χ3v) is 7.12. The summed E-state index contributed by atoms with van der Waals surface area (Å²) in [6.07, 6.45) is 0. The predicted molar refractivity (Wildman–Crippen MR) is 125 cm³/mol. The second kappa shape index (κ2) is 8.23. The minimum Gasteiger partial charge on any atom is -0.422 e. The Balaban J connectivity index is 1.43. The van der Waals surface area contributed by atoms with Crippen LogP contribution >= 0.6 is 0 Å². The zero-order chi connectivity index (χ0) is 23.9. The van der Waals surface area contributed by atoms with Gasteiger partial charge in [0.15, 0.2) is 9.84 Å². The number of carbonyl (C=O) groups is 1. The van der Waals surface area contributed by atoms with E-state index in [2.05, 4.69) is 15.5 Å². The molecule has 0 aliphatic carbocycles. The minimum atomic E-state index is -3.33. The number of fused-ring (bicyclic) bond motifs is 3. The van der Waals surface area contributed by atoms with Crippen LogP contribution in [0.5, 0.6) is 0 Å². The van der Waals surface area contributed by atoms with E-state index in [4.69, 9.17) is 8.83 Å². The molecule has 5 aromatic rings. The van der Waals surface area contributed by atoms with Crippen molar-refractivity contribution in [2.45, 2.75) is 11.8 Å². The van der Waals surface area contributed by atoms with Crippen molar-refractivity contribution in [1.29, 1.82) is 0 Å². The molecule has 10 heteroatoms. The summed E-state index contributed by atoms with van der Waals surface area (Å²) < 4.78 is 34.7. The van der Waals surface area contributed by atoms with Gasteiger partial charge in [0.25, 0.3) is 5.91 Å². The molecule has 0 spiro atoms. The summed E-state index contributed by atoms with van der Waals surface area (Å²) in [6, 6.07) is 18.3. The Morgan fingerprint density at radius 2 is 1.71 bits per heavy atom. The van der Waals surface area contributed by atoms with Crippen LogP contribution in [-0.2, 0) is 9.84 Å². The smallest absolute Gasteiger partial charge is 0.349 e. The van der Waals surface area contributed by atoms with Crippen molar-refractivity contribution in [2.24, 2.45) is 0 Å². The van der Waals surface area contributed by atoms with Crippen molar-refractivity contribution in [1.82, 2.24) is 10.2 Å². The molecule has 0 fully saturated rings. The lowest BCUT2D eigenvalue weighted by Crippen LogP contribution is -2.20. The molecule has 2 aromatic heterocycles. The molecule has 34 heavy (non-hydrogen) atoms. The van der Waals surface area contributed by atoms with Crippen molar-refractivity contribution in [2.75, 3.05) is 11.1 Å². The van der Waals surface area contributed by atoms with E-state index >= 15 is 0 Å². The van der Waals surface area contributed by atoms with Crippen molar-refractivity contribution in [3.8, 4) is 11.5 Å². The van der Waals surface area contributed by atoms with Crippen LogP contribution in [0.15, 0.2) is 85.3 Å². The Kier molecular flexibility index (Phi) is 5.21. The third kappa shape index (κ3) is 3.84. The zero-order valence-electron chi connectivity index (χ0n) is 17.8. The normalized spacial score (nSPS) is 11.7. The van der Waals surface area contributed by atoms with Gasteiger partial charge in [0.1, 0.15) is 11.1 Å². The van der Waals surface area contributed by atoms with Crippen molar-refractivity contribution in [3.05, 3.63) is 82.7 Å². The lowest BCUT2D eigenvalue weighted by molar-refractivity contribution is 0.102. The Labute approximate surface area is 193 Å². The van der Waals surface area contributed by atoms with Gasteiger partial charge in [-0.25, -0.2) is 13.2 Å². The van der Waals surface area contributed by atoms with Crippen LogP contribution in [0.2, 0.25) is 0 Å². The van der Waals surface area contributed by atoms with E-state index in [1.807, 2.05) is 30.3 Å². The fourth-order valence-corrected chi connectivity index (χ4v) is 4.44. The van der Waals surface area contributed by atoms with Gasteiger partial charge in [0.05, 0.1) is 10.6 Å². The molecule has 1 N–H and O–H groups in total. The molecule has 0 saturated carbocycles. The molecule has 9 nitrogen and oxygen atoms in total. The highest BCUT2D eigenvalue weighted by atomic mass is 32.2. The van der Waals surface area contributed by atoms with Gasteiger partial charge in [-0.05, 0) is 47.2 Å². The Morgan fingerprint density at radius 3 is 2.47 bits per heavy atom. The van der Waals surface area contributed by atoms with E-state index in [0.717, 1.165) is 10.8 Å². The first kappa shape index (κ1) is 21.5. The van der Waals surface area contributed by atoms with Crippen LogP contribution in [-0.4, -0.2) is 30.3 Å². The quantitative estimate of drug-likeness (QED) is 0.297. The Hall–Kier alpha value is -4.31. The molecule has 0 atom stereocenters. The van der Waals surface area contributed by atoms with Gasteiger partial charge in [0, 0.05) is 10.9 Å². The number of anilines is 1. The molecule has 170 valence electrons. The predicted octanol–water partition coefficient (Wildman–Crippen LogP) is 4.04. The number of aromatic nitrogens is 2. The number of amides is 1. The summed E-state index contributed by atoms with van der Waals surface area (Å²) in [5.41, 5.74) is -0.168. The van der Waals surface area contributed by atoms with E-state index in [9.17, 15) is 18.0 Å². The summed E-state index contributed by atoms with van der Waals surface area (Å²) >= 11 is 0.